The number of amides is 1. The van der Waals surface area contributed by atoms with Crippen LogP contribution in [-0.2, 0) is 9.53 Å². The van der Waals surface area contributed by atoms with E-state index >= 15 is 0 Å². The number of hydrogen-bond acceptors (Lipinski definition) is 4. The summed E-state index contributed by atoms with van der Waals surface area (Å²) in [5.41, 5.74) is 3.34. The van der Waals surface area contributed by atoms with Crippen molar-refractivity contribution in [3.05, 3.63) is 108 Å². The van der Waals surface area contributed by atoms with Gasteiger partial charge >= 0.3 is 0 Å². The standard InChI is InChI=1S/C30H35N3O2/c34-29(16-15-25-10-9-19-31-24-25)32-20-7-8-21-33-22-17-28(18-23-33)35-30(26-11-3-1-4-12-26)27-13-5-2-6-14-27/h1-6,9-16,19,24,28,30H,7-8,17-18,20-23H2,(H,32,34)/b16-15+. The van der Waals surface area contributed by atoms with Crippen molar-refractivity contribution in [2.45, 2.75) is 37.9 Å². The van der Waals surface area contributed by atoms with Crippen LogP contribution in [-0.4, -0.2) is 48.1 Å². The van der Waals surface area contributed by atoms with Crippen molar-refractivity contribution in [3.8, 4) is 0 Å². The third kappa shape index (κ3) is 8.16. The molecule has 1 N–H and O–H groups in total. The second-order valence-corrected chi connectivity index (χ2v) is 9.00. The zero-order chi connectivity index (χ0) is 24.1. The van der Waals surface area contributed by atoms with Crippen LogP contribution in [0.25, 0.3) is 6.08 Å². The van der Waals surface area contributed by atoms with E-state index in [1.165, 1.54) is 11.1 Å². The number of carbonyl (C=O) groups is 1. The molecule has 182 valence electrons. The van der Waals surface area contributed by atoms with E-state index in [2.05, 4.69) is 75.9 Å². The van der Waals surface area contributed by atoms with Gasteiger partial charge in [0, 0.05) is 38.1 Å². The van der Waals surface area contributed by atoms with Crippen molar-refractivity contribution in [3.63, 3.8) is 0 Å². The number of aromatic nitrogens is 1. The molecule has 1 amide bonds. The Morgan fingerprint density at radius 3 is 2.29 bits per heavy atom. The minimum atomic E-state index is -0.0572. The minimum Gasteiger partial charge on any atom is -0.365 e. The largest absolute Gasteiger partial charge is 0.365 e. The lowest BCUT2D eigenvalue weighted by atomic mass is 10.00. The Hall–Kier alpha value is -3.28. The second-order valence-electron chi connectivity index (χ2n) is 9.00. The molecule has 1 aliphatic heterocycles. The summed E-state index contributed by atoms with van der Waals surface area (Å²) in [6.07, 6.45) is 11.2. The van der Waals surface area contributed by atoms with Crippen LogP contribution in [0, 0.1) is 0 Å². The molecule has 0 aliphatic carbocycles. The quantitative estimate of drug-likeness (QED) is 0.307. The summed E-state index contributed by atoms with van der Waals surface area (Å²) in [6.45, 7) is 3.88. The van der Waals surface area contributed by atoms with E-state index in [1.807, 2.05) is 12.1 Å². The number of likely N-dealkylation sites (tertiary alicyclic amines) is 1. The van der Waals surface area contributed by atoms with Gasteiger partial charge in [0.2, 0.25) is 5.91 Å². The highest BCUT2D eigenvalue weighted by Gasteiger charge is 2.24. The van der Waals surface area contributed by atoms with Crippen LogP contribution in [0.4, 0.5) is 0 Å². The number of rotatable bonds is 11. The van der Waals surface area contributed by atoms with Crippen LogP contribution >= 0.6 is 0 Å². The molecule has 1 aromatic heterocycles. The van der Waals surface area contributed by atoms with E-state index in [1.54, 1.807) is 24.5 Å². The molecule has 1 aliphatic rings. The molecule has 2 aromatic carbocycles. The van der Waals surface area contributed by atoms with Crippen LogP contribution in [0.2, 0.25) is 0 Å². The van der Waals surface area contributed by atoms with E-state index in [4.69, 9.17) is 4.74 Å². The molecule has 0 spiro atoms. The number of hydrogen-bond donors (Lipinski definition) is 1. The number of benzene rings is 2. The molecule has 0 unspecified atom stereocenters. The van der Waals surface area contributed by atoms with Crippen molar-refractivity contribution >= 4 is 12.0 Å². The molecule has 1 fully saturated rings. The van der Waals surface area contributed by atoms with E-state index in [0.717, 1.165) is 50.9 Å². The van der Waals surface area contributed by atoms with Gasteiger partial charge in [-0.1, -0.05) is 66.7 Å². The maximum Gasteiger partial charge on any atom is 0.243 e. The molecule has 0 radical (unpaired) electrons. The van der Waals surface area contributed by atoms with Crippen LogP contribution in [0.5, 0.6) is 0 Å². The van der Waals surface area contributed by atoms with Gasteiger partial charge in [-0.15, -0.1) is 0 Å². The van der Waals surface area contributed by atoms with Gasteiger partial charge in [0.25, 0.3) is 0 Å². The van der Waals surface area contributed by atoms with Crippen molar-refractivity contribution < 1.29 is 9.53 Å². The minimum absolute atomic E-state index is 0.0234. The third-order valence-electron chi connectivity index (χ3n) is 6.38. The zero-order valence-electron chi connectivity index (χ0n) is 20.3. The monoisotopic (exact) mass is 469 g/mol. The Balaban J connectivity index is 1.14. The second kappa shape index (κ2) is 13.6. The lowest BCUT2D eigenvalue weighted by Gasteiger charge is -2.34. The lowest BCUT2D eigenvalue weighted by molar-refractivity contribution is -0.116. The number of nitrogens with one attached hydrogen (secondary N) is 1. The van der Waals surface area contributed by atoms with E-state index in [9.17, 15) is 4.79 Å². The number of ether oxygens (including phenoxy) is 1. The molecular weight excluding hydrogens is 434 g/mol. The van der Waals surface area contributed by atoms with Crippen molar-refractivity contribution in [2.75, 3.05) is 26.2 Å². The maximum absolute atomic E-state index is 12.0. The molecule has 35 heavy (non-hydrogen) atoms. The molecule has 3 aromatic rings. The van der Waals surface area contributed by atoms with Gasteiger partial charge in [-0.05, 0) is 61.1 Å². The highest BCUT2D eigenvalue weighted by molar-refractivity contribution is 5.91. The van der Waals surface area contributed by atoms with Gasteiger partial charge in [-0.3, -0.25) is 9.78 Å². The normalized spacial score (nSPS) is 15.0. The lowest BCUT2D eigenvalue weighted by Crippen LogP contribution is -2.38. The molecule has 5 nitrogen and oxygen atoms in total. The van der Waals surface area contributed by atoms with Gasteiger partial charge < -0.3 is 15.0 Å². The Morgan fingerprint density at radius 2 is 1.66 bits per heavy atom. The first-order chi connectivity index (χ1) is 17.3. The first kappa shape index (κ1) is 24.8. The zero-order valence-corrected chi connectivity index (χ0v) is 20.3. The molecule has 0 saturated carbocycles. The summed E-state index contributed by atoms with van der Waals surface area (Å²) in [5.74, 6) is -0.0572. The predicted molar refractivity (Wildman–Crippen MR) is 141 cm³/mol. The molecule has 1 saturated heterocycles. The topological polar surface area (TPSA) is 54.5 Å². The summed E-state index contributed by atoms with van der Waals surface area (Å²) < 4.78 is 6.65. The van der Waals surface area contributed by atoms with Crippen molar-refractivity contribution in [2.24, 2.45) is 0 Å². The SMILES string of the molecule is O=C(/C=C/c1cccnc1)NCCCCN1CCC(OC(c2ccccc2)c2ccccc2)CC1. The van der Waals surface area contributed by atoms with Gasteiger partial charge in [-0.2, -0.15) is 0 Å². The summed E-state index contributed by atoms with van der Waals surface area (Å²) in [7, 11) is 0. The average Bonchev–Trinajstić information content (AvgIpc) is 2.93. The number of piperidine rings is 1. The van der Waals surface area contributed by atoms with Crippen LogP contribution in [0.3, 0.4) is 0 Å². The number of carbonyl (C=O) groups excluding carboxylic acids is 1. The van der Waals surface area contributed by atoms with Crippen LogP contribution in [0.1, 0.15) is 48.5 Å². The fraction of sp³-hybridized carbons (Fsp3) is 0.333. The summed E-state index contributed by atoms with van der Waals surface area (Å²) in [4.78, 5) is 18.5. The Bertz CT molecular complexity index is 993. The Labute approximate surface area is 208 Å². The molecule has 4 rings (SSSR count). The van der Waals surface area contributed by atoms with Crippen LogP contribution in [0.15, 0.2) is 91.3 Å². The number of unbranched alkanes of at least 4 members (excludes halogenated alkanes) is 1. The van der Waals surface area contributed by atoms with Gasteiger partial charge in [0.15, 0.2) is 0 Å². The maximum atomic E-state index is 12.0. The fourth-order valence-corrected chi connectivity index (χ4v) is 4.44. The van der Waals surface area contributed by atoms with E-state index in [-0.39, 0.29) is 18.1 Å². The van der Waals surface area contributed by atoms with Crippen molar-refractivity contribution in [1.29, 1.82) is 0 Å². The first-order valence-corrected chi connectivity index (χ1v) is 12.6. The Kier molecular flexibility index (Phi) is 9.63. The number of pyridine rings is 1. The Morgan fingerprint density at radius 1 is 0.971 bits per heavy atom. The average molecular weight is 470 g/mol. The van der Waals surface area contributed by atoms with Crippen molar-refractivity contribution in [1.82, 2.24) is 15.2 Å². The summed E-state index contributed by atoms with van der Waals surface area (Å²) >= 11 is 0. The summed E-state index contributed by atoms with van der Waals surface area (Å²) in [6, 6.07) is 24.8. The van der Waals surface area contributed by atoms with Gasteiger partial charge in [-0.25, -0.2) is 0 Å². The summed E-state index contributed by atoms with van der Waals surface area (Å²) in [5, 5.41) is 2.97. The van der Waals surface area contributed by atoms with E-state index < -0.39 is 0 Å². The third-order valence-corrected chi connectivity index (χ3v) is 6.38. The smallest absolute Gasteiger partial charge is 0.243 e. The molecule has 0 atom stereocenters. The molecule has 0 bridgehead atoms. The molecular formula is C30H35N3O2. The van der Waals surface area contributed by atoms with E-state index in [0.29, 0.717) is 6.54 Å². The van der Waals surface area contributed by atoms with Gasteiger partial charge in [0.1, 0.15) is 6.10 Å². The predicted octanol–water partition coefficient (Wildman–Crippen LogP) is 5.26. The highest BCUT2D eigenvalue weighted by atomic mass is 16.5. The highest BCUT2D eigenvalue weighted by Crippen LogP contribution is 2.30. The molecule has 2 heterocycles. The van der Waals surface area contributed by atoms with Crippen LogP contribution < -0.4 is 5.32 Å². The number of nitrogens with zero attached hydrogens (tertiary/aromatic N) is 2. The first-order valence-electron chi connectivity index (χ1n) is 12.6. The fourth-order valence-electron chi connectivity index (χ4n) is 4.44. The van der Waals surface area contributed by atoms with Gasteiger partial charge in [0.05, 0.1) is 6.10 Å². The molecule has 5 heteroatoms.